The molecule has 0 bridgehead atoms. The molecule has 4 nitrogen and oxygen atoms in total. The van der Waals surface area contributed by atoms with Crippen LogP contribution >= 0.6 is 0 Å². The van der Waals surface area contributed by atoms with Gasteiger partial charge in [-0.3, -0.25) is 9.78 Å². The summed E-state index contributed by atoms with van der Waals surface area (Å²) in [5, 5.41) is 2.77. The van der Waals surface area contributed by atoms with Crippen molar-refractivity contribution in [1.29, 1.82) is 0 Å². The number of rotatable bonds is 5. The van der Waals surface area contributed by atoms with Crippen LogP contribution in [0.3, 0.4) is 0 Å². The smallest absolute Gasteiger partial charge is 0.344 e. The molecule has 0 aliphatic heterocycles. The van der Waals surface area contributed by atoms with Crippen molar-refractivity contribution in [1.82, 2.24) is 15.3 Å². The van der Waals surface area contributed by atoms with Gasteiger partial charge in [0.15, 0.2) is 0 Å². The third-order valence-electron chi connectivity index (χ3n) is 3.64. The van der Waals surface area contributed by atoms with E-state index in [9.17, 15) is 18.0 Å². The Morgan fingerprint density at radius 2 is 1.92 bits per heavy atom. The van der Waals surface area contributed by atoms with Crippen LogP contribution in [0.1, 0.15) is 53.6 Å². The number of amides is 1. The Bertz CT molecular complexity index is 727. The number of nitrogens with zero attached hydrogens (tertiary/aromatic N) is 2. The number of hydrogen-bond acceptors (Lipinski definition) is 3. The molecule has 0 aliphatic rings. The molecule has 0 aliphatic carbocycles. The summed E-state index contributed by atoms with van der Waals surface area (Å²) in [7, 11) is 0. The van der Waals surface area contributed by atoms with Crippen LogP contribution < -0.4 is 5.32 Å². The molecule has 0 spiro atoms. The van der Waals surface area contributed by atoms with Gasteiger partial charge < -0.3 is 5.32 Å². The first-order chi connectivity index (χ1) is 11.7. The second kappa shape index (κ2) is 7.63. The highest BCUT2D eigenvalue weighted by molar-refractivity contribution is 5.92. The van der Waals surface area contributed by atoms with E-state index in [-0.39, 0.29) is 11.6 Å². The van der Waals surface area contributed by atoms with Gasteiger partial charge in [0.1, 0.15) is 5.69 Å². The minimum absolute atomic E-state index is 0.131. The van der Waals surface area contributed by atoms with E-state index in [4.69, 9.17) is 0 Å². The Labute approximate surface area is 144 Å². The SMILES string of the molecule is Cc1cnc(C(=O)N[C@H](CC(C)C)c2cccc(C(F)(F)F)c2)cn1. The highest BCUT2D eigenvalue weighted by Gasteiger charge is 2.31. The summed E-state index contributed by atoms with van der Waals surface area (Å²) in [6.45, 7) is 5.63. The number of nitrogens with one attached hydrogen (secondary N) is 1. The van der Waals surface area contributed by atoms with Crippen molar-refractivity contribution in [3.8, 4) is 0 Å². The normalized spacial score (nSPS) is 12.9. The van der Waals surface area contributed by atoms with Gasteiger partial charge in [0.05, 0.1) is 23.5 Å². The number of benzene rings is 1. The summed E-state index contributed by atoms with van der Waals surface area (Å²) in [5.74, 6) is -0.278. The largest absolute Gasteiger partial charge is 0.416 e. The Morgan fingerprint density at radius 1 is 1.20 bits per heavy atom. The monoisotopic (exact) mass is 351 g/mol. The van der Waals surface area contributed by atoms with E-state index in [1.807, 2.05) is 13.8 Å². The molecule has 1 atom stereocenters. The molecule has 0 unspecified atom stereocenters. The Morgan fingerprint density at radius 3 is 2.48 bits per heavy atom. The van der Waals surface area contributed by atoms with Crippen LogP contribution in [-0.4, -0.2) is 15.9 Å². The lowest BCUT2D eigenvalue weighted by Gasteiger charge is -2.22. The zero-order valence-corrected chi connectivity index (χ0v) is 14.3. The van der Waals surface area contributed by atoms with E-state index in [0.717, 1.165) is 12.1 Å². The van der Waals surface area contributed by atoms with Crippen molar-refractivity contribution >= 4 is 5.91 Å². The van der Waals surface area contributed by atoms with Gasteiger partial charge in [0, 0.05) is 6.20 Å². The number of halogens is 3. The predicted octanol–water partition coefficient (Wildman–Crippen LogP) is 4.32. The van der Waals surface area contributed by atoms with Crippen LogP contribution in [-0.2, 0) is 6.18 Å². The minimum Gasteiger partial charge on any atom is -0.344 e. The van der Waals surface area contributed by atoms with Crippen molar-refractivity contribution in [2.24, 2.45) is 5.92 Å². The lowest BCUT2D eigenvalue weighted by molar-refractivity contribution is -0.137. The molecular weight excluding hydrogens is 331 g/mol. The van der Waals surface area contributed by atoms with Gasteiger partial charge in [-0.05, 0) is 37.0 Å². The summed E-state index contributed by atoms with van der Waals surface area (Å²) in [6, 6.07) is 4.49. The first kappa shape index (κ1) is 18.9. The fraction of sp³-hybridized carbons (Fsp3) is 0.389. The number of carbonyl (C=O) groups is 1. The molecule has 0 saturated carbocycles. The van der Waals surface area contributed by atoms with Gasteiger partial charge in [0.2, 0.25) is 0 Å². The highest BCUT2D eigenvalue weighted by Crippen LogP contribution is 2.32. The number of aryl methyl sites for hydroxylation is 1. The molecule has 1 heterocycles. The van der Waals surface area contributed by atoms with E-state index in [2.05, 4.69) is 15.3 Å². The molecule has 1 aromatic heterocycles. The molecule has 1 N–H and O–H groups in total. The fourth-order valence-electron chi connectivity index (χ4n) is 2.42. The third-order valence-corrected chi connectivity index (χ3v) is 3.64. The second-order valence-electron chi connectivity index (χ2n) is 6.32. The van der Waals surface area contributed by atoms with E-state index in [0.29, 0.717) is 17.7 Å². The van der Waals surface area contributed by atoms with E-state index in [1.165, 1.54) is 18.5 Å². The standard InChI is InChI=1S/C18H20F3N3O/c1-11(2)7-15(13-5-4-6-14(8-13)18(19,20)21)24-17(25)16-10-22-12(3)9-23-16/h4-6,8-11,15H,7H2,1-3H3,(H,24,25)/t15-/m1/s1. The van der Waals surface area contributed by atoms with Crippen LogP contribution in [0.15, 0.2) is 36.7 Å². The summed E-state index contributed by atoms with van der Waals surface area (Å²) in [4.78, 5) is 20.4. The van der Waals surface area contributed by atoms with Gasteiger partial charge in [-0.2, -0.15) is 13.2 Å². The van der Waals surface area contributed by atoms with Gasteiger partial charge >= 0.3 is 6.18 Å². The first-order valence-corrected chi connectivity index (χ1v) is 7.93. The topological polar surface area (TPSA) is 54.9 Å². The predicted molar refractivity (Wildman–Crippen MR) is 87.9 cm³/mol. The zero-order valence-electron chi connectivity index (χ0n) is 14.3. The van der Waals surface area contributed by atoms with Crippen molar-refractivity contribution < 1.29 is 18.0 Å². The molecule has 25 heavy (non-hydrogen) atoms. The summed E-state index contributed by atoms with van der Waals surface area (Å²) in [5.41, 5.74) is 0.486. The molecule has 0 radical (unpaired) electrons. The third kappa shape index (κ3) is 5.27. The number of alkyl halides is 3. The van der Waals surface area contributed by atoms with Crippen molar-refractivity contribution in [3.05, 3.63) is 59.2 Å². The van der Waals surface area contributed by atoms with Crippen LogP contribution in [0.4, 0.5) is 13.2 Å². The van der Waals surface area contributed by atoms with Crippen molar-refractivity contribution in [2.75, 3.05) is 0 Å². The summed E-state index contributed by atoms with van der Waals surface area (Å²) >= 11 is 0. The van der Waals surface area contributed by atoms with Gasteiger partial charge in [-0.25, -0.2) is 4.98 Å². The average molecular weight is 351 g/mol. The van der Waals surface area contributed by atoms with Crippen molar-refractivity contribution in [2.45, 2.75) is 39.4 Å². The van der Waals surface area contributed by atoms with E-state index < -0.39 is 23.7 Å². The highest BCUT2D eigenvalue weighted by atomic mass is 19.4. The Hall–Kier alpha value is -2.44. The quantitative estimate of drug-likeness (QED) is 0.873. The Kier molecular flexibility index (Phi) is 5.77. The first-order valence-electron chi connectivity index (χ1n) is 7.93. The number of aromatic nitrogens is 2. The maximum Gasteiger partial charge on any atom is 0.416 e. The average Bonchev–Trinajstić information content (AvgIpc) is 2.53. The molecule has 0 fully saturated rings. The molecule has 134 valence electrons. The summed E-state index contributed by atoms with van der Waals surface area (Å²) in [6.07, 6.45) is -1.10. The molecule has 2 rings (SSSR count). The lowest BCUT2D eigenvalue weighted by Crippen LogP contribution is -2.30. The molecule has 1 aromatic carbocycles. The minimum atomic E-state index is -4.43. The number of carbonyl (C=O) groups excluding carboxylic acids is 1. The molecule has 2 aromatic rings. The zero-order chi connectivity index (χ0) is 18.6. The van der Waals surface area contributed by atoms with Crippen LogP contribution in [0.2, 0.25) is 0 Å². The van der Waals surface area contributed by atoms with Crippen LogP contribution in [0, 0.1) is 12.8 Å². The lowest BCUT2D eigenvalue weighted by atomic mass is 9.95. The number of hydrogen-bond donors (Lipinski definition) is 1. The van der Waals surface area contributed by atoms with Crippen LogP contribution in [0.25, 0.3) is 0 Å². The van der Waals surface area contributed by atoms with Gasteiger partial charge in [-0.15, -0.1) is 0 Å². The molecule has 7 heteroatoms. The van der Waals surface area contributed by atoms with Crippen molar-refractivity contribution in [3.63, 3.8) is 0 Å². The molecular formula is C18H20F3N3O. The Balaban J connectivity index is 2.27. The van der Waals surface area contributed by atoms with E-state index in [1.54, 1.807) is 13.0 Å². The fourth-order valence-corrected chi connectivity index (χ4v) is 2.42. The second-order valence-corrected chi connectivity index (χ2v) is 6.32. The van der Waals surface area contributed by atoms with Gasteiger partial charge in [0.25, 0.3) is 5.91 Å². The molecule has 0 saturated heterocycles. The van der Waals surface area contributed by atoms with Gasteiger partial charge in [-0.1, -0.05) is 26.0 Å². The molecule has 1 amide bonds. The van der Waals surface area contributed by atoms with Crippen LogP contribution in [0.5, 0.6) is 0 Å². The van der Waals surface area contributed by atoms with E-state index >= 15 is 0 Å². The maximum absolute atomic E-state index is 13.0. The maximum atomic E-state index is 13.0. The summed E-state index contributed by atoms with van der Waals surface area (Å²) < 4.78 is 38.9.